The minimum absolute atomic E-state index is 0.514. The molecule has 0 fully saturated rings. The van der Waals surface area contributed by atoms with Crippen LogP contribution in [0.4, 0.5) is 0 Å². The van der Waals surface area contributed by atoms with Crippen LogP contribution in [0.1, 0.15) is 24.8 Å². The van der Waals surface area contributed by atoms with E-state index in [0.29, 0.717) is 5.92 Å². The predicted molar refractivity (Wildman–Crippen MR) is 52.6 cm³/mol. The van der Waals surface area contributed by atoms with Crippen molar-refractivity contribution in [3.8, 4) is 11.8 Å². The zero-order chi connectivity index (χ0) is 8.81. The summed E-state index contributed by atoms with van der Waals surface area (Å²) in [5.41, 5.74) is 1.35. The fraction of sp³-hybridized carbons (Fsp3) is 0.250. The minimum Gasteiger partial charge on any atom is -0.103 e. The van der Waals surface area contributed by atoms with Crippen LogP contribution in [-0.2, 0) is 0 Å². The molecule has 1 radical (unpaired) electrons. The van der Waals surface area contributed by atoms with Crippen LogP contribution in [0.3, 0.4) is 0 Å². The zero-order valence-electron chi connectivity index (χ0n) is 7.38. The van der Waals surface area contributed by atoms with E-state index in [1.54, 1.807) is 0 Å². The molecule has 12 heavy (non-hydrogen) atoms. The smallest absolute Gasteiger partial charge is 0.0198 e. The van der Waals surface area contributed by atoms with Crippen molar-refractivity contribution in [2.45, 2.75) is 19.3 Å². The summed E-state index contributed by atoms with van der Waals surface area (Å²) in [5, 5.41) is 0. The fourth-order valence-electron chi connectivity index (χ4n) is 1.12. The highest BCUT2D eigenvalue weighted by Gasteiger charge is 2.00. The third-order valence-electron chi connectivity index (χ3n) is 1.90. The van der Waals surface area contributed by atoms with Gasteiger partial charge in [-0.15, -0.1) is 11.8 Å². The average Bonchev–Trinajstić information content (AvgIpc) is 2.15. The molecule has 0 N–H and O–H groups in total. The van der Waals surface area contributed by atoms with Gasteiger partial charge < -0.3 is 0 Å². The van der Waals surface area contributed by atoms with Crippen LogP contribution >= 0.6 is 0 Å². The van der Waals surface area contributed by atoms with Gasteiger partial charge in [-0.3, -0.25) is 0 Å². The molecule has 1 rings (SSSR count). The molecule has 0 aliphatic rings. The fourth-order valence-corrected chi connectivity index (χ4v) is 1.12. The van der Waals surface area contributed by atoms with Crippen LogP contribution in [0.5, 0.6) is 0 Å². The summed E-state index contributed by atoms with van der Waals surface area (Å²) in [7, 11) is 0. The van der Waals surface area contributed by atoms with Crippen molar-refractivity contribution in [3.05, 3.63) is 42.8 Å². The molecule has 0 amide bonds. The Kier molecular flexibility index (Phi) is 3.41. The molecule has 0 spiro atoms. The summed E-state index contributed by atoms with van der Waals surface area (Å²) in [4.78, 5) is 0. The molecule has 1 atom stereocenters. The van der Waals surface area contributed by atoms with Crippen molar-refractivity contribution in [1.82, 2.24) is 0 Å². The maximum atomic E-state index is 3.49. The van der Waals surface area contributed by atoms with E-state index >= 15 is 0 Å². The molecular weight excluding hydrogens is 144 g/mol. The van der Waals surface area contributed by atoms with E-state index in [9.17, 15) is 0 Å². The Labute approximate surface area is 74.6 Å². The van der Waals surface area contributed by atoms with Gasteiger partial charge in [0.1, 0.15) is 0 Å². The normalized spacial score (nSPS) is 11.5. The topological polar surface area (TPSA) is 0 Å². The molecule has 0 saturated carbocycles. The van der Waals surface area contributed by atoms with Crippen molar-refractivity contribution in [2.75, 3.05) is 0 Å². The lowest BCUT2D eigenvalue weighted by Crippen LogP contribution is -1.90. The van der Waals surface area contributed by atoms with Gasteiger partial charge in [-0.2, -0.15) is 0 Å². The first-order chi connectivity index (χ1) is 5.84. The van der Waals surface area contributed by atoms with Crippen molar-refractivity contribution in [1.29, 1.82) is 0 Å². The first-order valence-corrected chi connectivity index (χ1v) is 4.14. The van der Waals surface area contributed by atoms with Crippen molar-refractivity contribution in [3.63, 3.8) is 0 Å². The highest BCUT2D eigenvalue weighted by molar-refractivity contribution is 5.20. The molecule has 1 unspecified atom stereocenters. The first kappa shape index (κ1) is 8.87. The molecule has 0 nitrogen and oxygen atoms in total. The van der Waals surface area contributed by atoms with E-state index in [0.717, 1.165) is 6.42 Å². The average molecular weight is 157 g/mol. The van der Waals surface area contributed by atoms with Gasteiger partial charge in [-0.05, 0) is 11.5 Å². The molecule has 0 heterocycles. The van der Waals surface area contributed by atoms with Crippen LogP contribution in [0.2, 0.25) is 0 Å². The summed E-state index contributed by atoms with van der Waals surface area (Å²) >= 11 is 0. The van der Waals surface area contributed by atoms with Gasteiger partial charge in [0.25, 0.3) is 0 Å². The summed E-state index contributed by atoms with van der Waals surface area (Å²) < 4.78 is 0. The Morgan fingerprint density at radius 3 is 2.58 bits per heavy atom. The third-order valence-corrected chi connectivity index (χ3v) is 1.90. The Bertz CT molecular complexity index is 274. The van der Waals surface area contributed by atoms with Gasteiger partial charge in [0.05, 0.1) is 0 Å². The molecule has 61 valence electrons. The van der Waals surface area contributed by atoms with Crippen molar-refractivity contribution in [2.24, 2.45) is 0 Å². The zero-order valence-corrected chi connectivity index (χ0v) is 7.38. The summed E-state index contributed by atoms with van der Waals surface area (Å²) in [5.74, 6) is 6.17. The number of rotatable bonds is 2. The van der Waals surface area contributed by atoms with E-state index < -0.39 is 0 Å². The number of hydrogen-bond donors (Lipinski definition) is 0. The van der Waals surface area contributed by atoms with Crippen LogP contribution < -0.4 is 0 Å². The highest BCUT2D eigenvalue weighted by atomic mass is 14.0. The lowest BCUT2D eigenvalue weighted by molar-refractivity contribution is 0.796. The second kappa shape index (κ2) is 4.62. The van der Waals surface area contributed by atoms with E-state index in [2.05, 4.69) is 50.0 Å². The Hall–Kier alpha value is -1.22. The summed E-state index contributed by atoms with van der Waals surface area (Å²) in [6.07, 6.45) is 0.896. The van der Waals surface area contributed by atoms with Gasteiger partial charge in [0.15, 0.2) is 0 Å². The van der Waals surface area contributed by atoms with Crippen LogP contribution in [-0.4, -0.2) is 0 Å². The highest BCUT2D eigenvalue weighted by Crippen LogP contribution is 2.17. The molecule has 0 aromatic heterocycles. The number of benzene rings is 1. The van der Waals surface area contributed by atoms with E-state index in [4.69, 9.17) is 0 Å². The second-order valence-electron chi connectivity index (χ2n) is 2.87. The van der Waals surface area contributed by atoms with E-state index in [1.165, 1.54) is 5.56 Å². The third kappa shape index (κ3) is 2.43. The Morgan fingerprint density at radius 1 is 1.33 bits per heavy atom. The van der Waals surface area contributed by atoms with Gasteiger partial charge in [-0.1, -0.05) is 37.3 Å². The monoisotopic (exact) mass is 157 g/mol. The van der Waals surface area contributed by atoms with Crippen LogP contribution in [0, 0.1) is 18.8 Å². The lowest BCUT2D eigenvalue weighted by Gasteiger charge is -2.06. The standard InChI is InChI=1S/C12H13/c1-3-4-8-11(2)12-9-6-5-7-10-12/h5-7,9-11H,1,8H2,2H3. The van der Waals surface area contributed by atoms with E-state index in [-0.39, 0.29) is 0 Å². The van der Waals surface area contributed by atoms with Crippen molar-refractivity contribution >= 4 is 0 Å². The molecule has 0 aliphatic heterocycles. The van der Waals surface area contributed by atoms with Gasteiger partial charge >= 0.3 is 0 Å². The Morgan fingerprint density at radius 2 is 2.00 bits per heavy atom. The van der Waals surface area contributed by atoms with Gasteiger partial charge in [0.2, 0.25) is 0 Å². The molecule has 0 saturated heterocycles. The minimum atomic E-state index is 0.514. The van der Waals surface area contributed by atoms with Crippen LogP contribution in [0.15, 0.2) is 30.3 Å². The lowest BCUT2D eigenvalue weighted by atomic mass is 9.98. The number of hydrogen-bond acceptors (Lipinski definition) is 0. The molecular formula is C12H13. The maximum Gasteiger partial charge on any atom is 0.0198 e. The second-order valence-corrected chi connectivity index (χ2v) is 2.87. The molecule has 0 aliphatic carbocycles. The first-order valence-electron chi connectivity index (χ1n) is 4.14. The van der Waals surface area contributed by atoms with Crippen molar-refractivity contribution < 1.29 is 0 Å². The van der Waals surface area contributed by atoms with Crippen LogP contribution in [0.25, 0.3) is 0 Å². The summed E-state index contributed by atoms with van der Waals surface area (Å²) in [6, 6.07) is 10.4. The quantitative estimate of drug-likeness (QED) is 0.579. The SMILES string of the molecule is [CH2]C#CCC(C)c1ccccc1. The molecule has 1 aromatic carbocycles. The van der Waals surface area contributed by atoms with Gasteiger partial charge in [0, 0.05) is 13.3 Å². The predicted octanol–water partition coefficient (Wildman–Crippen LogP) is 3.02. The van der Waals surface area contributed by atoms with Gasteiger partial charge in [-0.25, -0.2) is 0 Å². The summed E-state index contributed by atoms with van der Waals surface area (Å²) in [6.45, 7) is 5.67. The maximum absolute atomic E-state index is 3.49. The Balaban J connectivity index is 2.63. The molecule has 0 bridgehead atoms. The van der Waals surface area contributed by atoms with E-state index in [1.807, 2.05) is 6.07 Å². The molecule has 0 heteroatoms. The molecule has 1 aromatic rings. The largest absolute Gasteiger partial charge is 0.103 e.